The largest absolute Gasteiger partial charge is 0.251 e. The molecule has 0 aromatic carbocycles. The van der Waals surface area contributed by atoms with Gasteiger partial charge >= 0.3 is 0 Å². The van der Waals surface area contributed by atoms with Crippen LogP contribution in [-0.2, 0) is 16.5 Å². The average Bonchev–Trinajstić information content (AvgIpc) is 2.47. The van der Waals surface area contributed by atoms with Crippen LogP contribution >= 0.6 is 0 Å². The third-order valence-corrected chi connectivity index (χ3v) is 2.97. The van der Waals surface area contributed by atoms with Gasteiger partial charge in [0.1, 0.15) is 11.4 Å². The molecule has 3 aromatic heterocycles. The molecule has 0 aliphatic carbocycles. The van der Waals surface area contributed by atoms with Crippen LogP contribution in [0.15, 0.2) is 48.5 Å². The second-order valence-corrected chi connectivity index (χ2v) is 4.63. The first-order valence-corrected chi connectivity index (χ1v) is 6.44. The third kappa shape index (κ3) is 3.50. The Balaban J connectivity index is 0.00000161. The zero-order chi connectivity index (χ0) is 13.9. The van der Waals surface area contributed by atoms with E-state index in [1.54, 1.807) is 0 Å². The molecule has 0 unspecified atom stereocenters. The summed E-state index contributed by atoms with van der Waals surface area (Å²) in [7, 11) is 0. The van der Waals surface area contributed by atoms with Crippen molar-refractivity contribution in [1.82, 2.24) is 20.2 Å². The van der Waals surface area contributed by atoms with E-state index in [9.17, 15) is 0 Å². The molecular formula is C16H14N4Ni. The summed E-state index contributed by atoms with van der Waals surface area (Å²) in [5.41, 5.74) is 5.14. The standard InChI is InChI=1S/C16H14N4.Ni/c1-11-5-3-7-13(17-11)15-9-10-16(20-19-15)14-8-4-6-12(2)18-14;/h3-10H,1-2H3;. The topological polar surface area (TPSA) is 51.6 Å². The minimum atomic E-state index is 0. The number of hydrogen-bond donors (Lipinski definition) is 0. The van der Waals surface area contributed by atoms with Crippen molar-refractivity contribution >= 4 is 0 Å². The second-order valence-electron chi connectivity index (χ2n) is 4.63. The Bertz CT molecular complexity index is 677. The summed E-state index contributed by atoms with van der Waals surface area (Å²) in [6.45, 7) is 3.92. The van der Waals surface area contributed by atoms with Gasteiger partial charge < -0.3 is 0 Å². The van der Waals surface area contributed by atoms with Crippen molar-refractivity contribution in [3.63, 3.8) is 0 Å². The minimum absolute atomic E-state index is 0. The molecule has 0 atom stereocenters. The molecule has 3 heterocycles. The first-order valence-electron chi connectivity index (χ1n) is 6.44. The van der Waals surface area contributed by atoms with Crippen LogP contribution in [-0.4, -0.2) is 20.2 Å². The van der Waals surface area contributed by atoms with Crippen molar-refractivity contribution in [1.29, 1.82) is 0 Å². The monoisotopic (exact) mass is 320 g/mol. The zero-order valence-electron chi connectivity index (χ0n) is 11.7. The Morgan fingerprint density at radius 2 is 1.00 bits per heavy atom. The Morgan fingerprint density at radius 3 is 1.33 bits per heavy atom. The second kappa shape index (κ2) is 6.55. The summed E-state index contributed by atoms with van der Waals surface area (Å²) in [5.74, 6) is 0. The molecule has 0 bridgehead atoms. The van der Waals surface area contributed by atoms with Gasteiger partial charge in [0, 0.05) is 27.9 Å². The van der Waals surface area contributed by atoms with E-state index >= 15 is 0 Å². The van der Waals surface area contributed by atoms with E-state index in [1.165, 1.54) is 0 Å². The van der Waals surface area contributed by atoms with Crippen LogP contribution in [0.5, 0.6) is 0 Å². The fraction of sp³-hybridized carbons (Fsp3) is 0.125. The molecule has 0 saturated heterocycles. The van der Waals surface area contributed by atoms with Gasteiger partial charge in [-0.2, -0.15) is 0 Å². The fourth-order valence-electron chi connectivity index (χ4n) is 1.98. The smallest absolute Gasteiger partial charge is 0.111 e. The molecule has 0 aliphatic heterocycles. The molecule has 3 aromatic rings. The van der Waals surface area contributed by atoms with Crippen LogP contribution in [0.1, 0.15) is 11.4 Å². The number of nitrogens with zero attached hydrogens (tertiary/aromatic N) is 4. The van der Waals surface area contributed by atoms with E-state index < -0.39 is 0 Å². The van der Waals surface area contributed by atoms with Gasteiger partial charge in [-0.05, 0) is 50.2 Å². The van der Waals surface area contributed by atoms with Crippen LogP contribution in [0.2, 0.25) is 0 Å². The Morgan fingerprint density at radius 1 is 0.571 bits per heavy atom. The minimum Gasteiger partial charge on any atom is -0.251 e. The molecular weight excluding hydrogens is 307 g/mol. The maximum atomic E-state index is 4.44. The number of rotatable bonds is 2. The molecule has 3 rings (SSSR count). The first-order chi connectivity index (χ1) is 9.72. The van der Waals surface area contributed by atoms with Crippen LogP contribution in [0.3, 0.4) is 0 Å². The summed E-state index contributed by atoms with van der Waals surface area (Å²) in [4.78, 5) is 8.88. The molecule has 0 radical (unpaired) electrons. The van der Waals surface area contributed by atoms with Crippen molar-refractivity contribution in [2.75, 3.05) is 0 Å². The van der Waals surface area contributed by atoms with E-state index in [1.807, 2.05) is 62.4 Å². The van der Waals surface area contributed by atoms with E-state index in [2.05, 4.69) is 20.2 Å². The van der Waals surface area contributed by atoms with Gasteiger partial charge in [0.15, 0.2) is 0 Å². The summed E-state index contributed by atoms with van der Waals surface area (Å²) >= 11 is 0. The number of aryl methyl sites for hydroxylation is 2. The third-order valence-electron chi connectivity index (χ3n) is 2.97. The van der Waals surface area contributed by atoms with Gasteiger partial charge in [-0.3, -0.25) is 9.97 Å². The average molecular weight is 321 g/mol. The van der Waals surface area contributed by atoms with Crippen molar-refractivity contribution in [3.8, 4) is 22.8 Å². The van der Waals surface area contributed by atoms with Crippen molar-refractivity contribution < 1.29 is 16.5 Å². The Labute approximate surface area is 133 Å². The van der Waals surface area contributed by atoms with Crippen LogP contribution < -0.4 is 0 Å². The number of aromatic nitrogens is 4. The van der Waals surface area contributed by atoms with E-state index in [0.29, 0.717) is 0 Å². The Hall–Kier alpha value is -2.13. The predicted octanol–water partition coefficient (Wildman–Crippen LogP) is 3.21. The number of hydrogen-bond acceptors (Lipinski definition) is 4. The van der Waals surface area contributed by atoms with Gasteiger partial charge in [-0.15, -0.1) is 10.2 Å². The van der Waals surface area contributed by atoms with Crippen molar-refractivity contribution in [3.05, 3.63) is 59.9 Å². The van der Waals surface area contributed by atoms with Crippen molar-refractivity contribution in [2.24, 2.45) is 0 Å². The number of pyridine rings is 2. The molecule has 0 N–H and O–H groups in total. The summed E-state index contributed by atoms with van der Waals surface area (Å²) in [5, 5.41) is 8.49. The molecule has 0 amide bonds. The Kier molecular flexibility index (Phi) is 4.76. The summed E-state index contributed by atoms with van der Waals surface area (Å²) in [6, 6.07) is 15.6. The molecule has 0 saturated carbocycles. The van der Waals surface area contributed by atoms with Crippen molar-refractivity contribution in [2.45, 2.75) is 13.8 Å². The maximum Gasteiger partial charge on any atom is 0.111 e. The SMILES string of the molecule is Cc1cccc(-c2ccc(-c3cccc(C)n3)nn2)n1.[Ni]. The fourth-order valence-corrected chi connectivity index (χ4v) is 1.98. The molecule has 0 aliphatic rings. The van der Waals surface area contributed by atoms with E-state index in [-0.39, 0.29) is 16.5 Å². The van der Waals surface area contributed by atoms with Gasteiger partial charge in [-0.25, -0.2) is 0 Å². The van der Waals surface area contributed by atoms with E-state index in [0.717, 1.165) is 34.2 Å². The quantitative estimate of drug-likeness (QED) is 0.680. The van der Waals surface area contributed by atoms with Gasteiger partial charge in [0.05, 0.1) is 11.4 Å². The summed E-state index contributed by atoms with van der Waals surface area (Å²) < 4.78 is 0. The van der Waals surface area contributed by atoms with E-state index in [4.69, 9.17) is 0 Å². The molecule has 21 heavy (non-hydrogen) atoms. The van der Waals surface area contributed by atoms with Gasteiger partial charge in [0.25, 0.3) is 0 Å². The zero-order valence-corrected chi connectivity index (χ0v) is 12.7. The summed E-state index contributed by atoms with van der Waals surface area (Å²) in [6.07, 6.45) is 0. The van der Waals surface area contributed by atoms with Crippen LogP contribution in [0.25, 0.3) is 22.8 Å². The molecule has 4 nitrogen and oxygen atoms in total. The molecule has 108 valence electrons. The predicted molar refractivity (Wildman–Crippen MR) is 78.0 cm³/mol. The molecule has 5 heteroatoms. The van der Waals surface area contributed by atoms with Crippen LogP contribution in [0.4, 0.5) is 0 Å². The normalized spacial score (nSPS) is 10.0. The van der Waals surface area contributed by atoms with Gasteiger partial charge in [0.2, 0.25) is 0 Å². The van der Waals surface area contributed by atoms with Gasteiger partial charge in [-0.1, -0.05) is 12.1 Å². The van der Waals surface area contributed by atoms with Crippen LogP contribution in [0, 0.1) is 13.8 Å². The first kappa shape index (κ1) is 15.3. The molecule has 0 spiro atoms. The maximum absolute atomic E-state index is 4.44. The molecule has 0 fully saturated rings.